The lowest BCUT2D eigenvalue weighted by molar-refractivity contribution is -0.0691. The minimum absolute atomic E-state index is 0.123. The van der Waals surface area contributed by atoms with E-state index in [1.807, 2.05) is 0 Å². The third-order valence-corrected chi connectivity index (χ3v) is 3.90. The van der Waals surface area contributed by atoms with Crippen molar-refractivity contribution in [1.82, 2.24) is 9.80 Å². The fourth-order valence-corrected chi connectivity index (χ4v) is 2.06. The van der Waals surface area contributed by atoms with Crippen LogP contribution in [0.1, 0.15) is 34.1 Å². The summed E-state index contributed by atoms with van der Waals surface area (Å²) in [6.45, 7) is 15.1. The van der Waals surface area contributed by atoms with E-state index in [0.717, 1.165) is 45.7 Å². The summed E-state index contributed by atoms with van der Waals surface area (Å²) in [5.41, 5.74) is -0.123. The summed E-state index contributed by atoms with van der Waals surface area (Å²) >= 11 is 0. The summed E-state index contributed by atoms with van der Waals surface area (Å²) in [6.07, 6.45) is 0.596. The van der Waals surface area contributed by atoms with Gasteiger partial charge in [0.2, 0.25) is 0 Å². The molecule has 0 aromatic carbocycles. The smallest absolute Gasteiger partial charge is 0.0900 e. The van der Waals surface area contributed by atoms with Crippen LogP contribution < -0.4 is 0 Å². The van der Waals surface area contributed by atoms with Crippen LogP contribution in [0.2, 0.25) is 0 Å². The zero-order valence-corrected chi connectivity index (χ0v) is 12.5. The van der Waals surface area contributed by atoms with Crippen LogP contribution in [0, 0.1) is 0 Å². The van der Waals surface area contributed by atoms with Gasteiger partial charge in [-0.25, -0.2) is 0 Å². The molecule has 1 N–H and O–H groups in total. The summed E-state index contributed by atoms with van der Waals surface area (Å²) in [5, 5.41) is 10.0. The summed E-state index contributed by atoms with van der Waals surface area (Å²) in [7, 11) is 0. The zero-order chi connectivity index (χ0) is 13.6. The number of likely N-dealkylation sites (N-methyl/N-ethyl adjacent to an activating group) is 1. The molecule has 0 spiro atoms. The Balaban J connectivity index is 2.19. The van der Waals surface area contributed by atoms with E-state index in [4.69, 9.17) is 4.74 Å². The minimum atomic E-state index is -0.371. The van der Waals surface area contributed by atoms with Crippen LogP contribution in [0.15, 0.2) is 0 Å². The molecule has 1 fully saturated rings. The maximum absolute atomic E-state index is 10.0. The Bertz CT molecular complexity index is 226. The first-order valence-corrected chi connectivity index (χ1v) is 7.23. The molecule has 1 aliphatic heterocycles. The number of rotatable bonds is 7. The van der Waals surface area contributed by atoms with Gasteiger partial charge in [-0.1, -0.05) is 13.8 Å². The Hall–Kier alpha value is -0.160. The van der Waals surface area contributed by atoms with Crippen LogP contribution in [0.5, 0.6) is 0 Å². The number of nitrogens with zero attached hydrogens (tertiary/aromatic N) is 2. The summed E-state index contributed by atoms with van der Waals surface area (Å²) in [6, 6.07) is 0. The van der Waals surface area contributed by atoms with Crippen LogP contribution in [0.3, 0.4) is 0 Å². The van der Waals surface area contributed by atoms with Gasteiger partial charge in [0.15, 0.2) is 0 Å². The van der Waals surface area contributed by atoms with Crippen molar-refractivity contribution in [2.75, 3.05) is 45.9 Å². The van der Waals surface area contributed by atoms with E-state index in [9.17, 15) is 5.11 Å². The molecule has 108 valence electrons. The van der Waals surface area contributed by atoms with Gasteiger partial charge in [0.1, 0.15) is 0 Å². The van der Waals surface area contributed by atoms with Gasteiger partial charge < -0.3 is 14.7 Å². The highest BCUT2D eigenvalue weighted by molar-refractivity contribution is 4.74. The number of hydrogen-bond donors (Lipinski definition) is 1. The topological polar surface area (TPSA) is 35.9 Å². The van der Waals surface area contributed by atoms with Gasteiger partial charge >= 0.3 is 0 Å². The molecule has 1 atom stereocenters. The molecule has 0 amide bonds. The maximum atomic E-state index is 10.0. The molecule has 0 aliphatic carbocycles. The number of aliphatic hydroxyl groups excluding tert-OH is 1. The van der Waals surface area contributed by atoms with Crippen LogP contribution in [-0.2, 0) is 4.74 Å². The molecule has 0 bridgehead atoms. The number of piperazine rings is 1. The normalized spacial score (nSPS) is 21.2. The lowest BCUT2D eigenvalue weighted by Gasteiger charge is -2.35. The van der Waals surface area contributed by atoms with Crippen molar-refractivity contribution in [3.63, 3.8) is 0 Å². The van der Waals surface area contributed by atoms with Gasteiger partial charge in [0, 0.05) is 32.7 Å². The third kappa shape index (κ3) is 5.65. The molecule has 1 saturated heterocycles. The van der Waals surface area contributed by atoms with Crippen LogP contribution in [0.25, 0.3) is 0 Å². The predicted octanol–water partition coefficient (Wildman–Crippen LogP) is 1.19. The molecule has 18 heavy (non-hydrogen) atoms. The average molecular weight is 258 g/mol. The van der Waals surface area contributed by atoms with Gasteiger partial charge in [-0.15, -0.1) is 0 Å². The Labute approximate surface area is 112 Å². The second kappa shape index (κ2) is 7.43. The number of β-amino-alcohol motifs (C(OH)–C–C–N with tert-alkyl or cyclic N) is 1. The standard InChI is InChI=1S/C14H30N2O2/c1-5-14(3,4)18-12-13(17)11-16-9-7-15(6-2)8-10-16/h13,17H,5-12H2,1-4H3. The highest BCUT2D eigenvalue weighted by Crippen LogP contribution is 2.14. The van der Waals surface area contributed by atoms with Gasteiger partial charge in [0.05, 0.1) is 18.3 Å². The molecule has 0 aromatic rings. The number of hydrogen-bond acceptors (Lipinski definition) is 4. The number of ether oxygens (including phenoxy) is 1. The van der Waals surface area contributed by atoms with Gasteiger partial charge in [-0.05, 0) is 26.8 Å². The molecule has 4 heteroatoms. The van der Waals surface area contributed by atoms with Crippen LogP contribution in [0.4, 0.5) is 0 Å². The molecule has 1 unspecified atom stereocenters. The first-order chi connectivity index (χ1) is 8.46. The van der Waals surface area contributed by atoms with E-state index in [0.29, 0.717) is 6.61 Å². The monoisotopic (exact) mass is 258 g/mol. The Kier molecular flexibility index (Phi) is 6.57. The van der Waals surface area contributed by atoms with E-state index in [-0.39, 0.29) is 11.7 Å². The maximum Gasteiger partial charge on any atom is 0.0900 e. The van der Waals surface area contributed by atoms with E-state index in [1.165, 1.54) is 0 Å². The number of aliphatic hydroxyl groups is 1. The van der Waals surface area contributed by atoms with Crippen LogP contribution >= 0.6 is 0 Å². The summed E-state index contributed by atoms with van der Waals surface area (Å²) in [4.78, 5) is 4.78. The summed E-state index contributed by atoms with van der Waals surface area (Å²) in [5.74, 6) is 0. The molecule has 1 heterocycles. The van der Waals surface area contributed by atoms with Crippen molar-refractivity contribution >= 4 is 0 Å². The summed E-state index contributed by atoms with van der Waals surface area (Å²) < 4.78 is 5.74. The van der Waals surface area contributed by atoms with Crippen molar-refractivity contribution in [1.29, 1.82) is 0 Å². The molecule has 1 rings (SSSR count). The Morgan fingerprint density at radius 3 is 2.17 bits per heavy atom. The quantitative estimate of drug-likeness (QED) is 0.744. The second-order valence-electron chi connectivity index (χ2n) is 5.81. The van der Waals surface area contributed by atoms with Gasteiger partial charge in [0.25, 0.3) is 0 Å². The molecule has 0 aromatic heterocycles. The fourth-order valence-electron chi connectivity index (χ4n) is 2.06. The Morgan fingerprint density at radius 1 is 1.11 bits per heavy atom. The molecule has 0 saturated carbocycles. The van der Waals surface area contributed by atoms with Crippen molar-refractivity contribution in [3.8, 4) is 0 Å². The highest BCUT2D eigenvalue weighted by Gasteiger charge is 2.21. The Morgan fingerprint density at radius 2 is 1.67 bits per heavy atom. The van der Waals surface area contributed by atoms with Gasteiger partial charge in [-0.2, -0.15) is 0 Å². The predicted molar refractivity (Wildman–Crippen MR) is 74.9 cm³/mol. The SMILES string of the molecule is CCN1CCN(CC(O)COC(C)(C)CC)CC1. The van der Waals surface area contributed by atoms with Crippen molar-refractivity contribution in [2.24, 2.45) is 0 Å². The minimum Gasteiger partial charge on any atom is -0.389 e. The van der Waals surface area contributed by atoms with E-state index in [2.05, 4.69) is 37.5 Å². The highest BCUT2D eigenvalue weighted by atomic mass is 16.5. The second-order valence-corrected chi connectivity index (χ2v) is 5.81. The van der Waals surface area contributed by atoms with Crippen LogP contribution in [-0.4, -0.2) is 72.5 Å². The molecule has 0 radical (unpaired) electrons. The first kappa shape index (κ1) is 15.9. The third-order valence-electron chi connectivity index (χ3n) is 3.90. The van der Waals surface area contributed by atoms with E-state index < -0.39 is 0 Å². The van der Waals surface area contributed by atoms with Crippen molar-refractivity contribution in [3.05, 3.63) is 0 Å². The molecule has 1 aliphatic rings. The van der Waals surface area contributed by atoms with Crippen molar-refractivity contribution in [2.45, 2.75) is 45.8 Å². The fraction of sp³-hybridized carbons (Fsp3) is 1.00. The lowest BCUT2D eigenvalue weighted by atomic mass is 10.1. The van der Waals surface area contributed by atoms with Gasteiger partial charge in [-0.3, -0.25) is 4.90 Å². The molecular weight excluding hydrogens is 228 g/mol. The first-order valence-electron chi connectivity index (χ1n) is 7.23. The average Bonchev–Trinajstić information content (AvgIpc) is 2.37. The zero-order valence-electron chi connectivity index (χ0n) is 12.5. The lowest BCUT2D eigenvalue weighted by Crippen LogP contribution is -2.49. The molecular formula is C14H30N2O2. The largest absolute Gasteiger partial charge is 0.389 e. The van der Waals surface area contributed by atoms with Crippen molar-refractivity contribution < 1.29 is 9.84 Å². The van der Waals surface area contributed by atoms with E-state index >= 15 is 0 Å². The van der Waals surface area contributed by atoms with E-state index in [1.54, 1.807) is 0 Å². The molecule has 4 nitrogen and oxygen atoms in total.